The van der Waals surface area contributed by atoms with Crippen LogP contribution in [0.5, 0.6) is 0 Å². The van der Waals surface area contributed by atoms with Gasteiger partial charge in [0.2, 0.25) is 5.78 Å². The quantitative estimate of drug-likeness (QED) is 0.555. The van der Waals surface area contributed by atoms with Crippen LogP contribution in [0, 0.1) is 22.7 Å². The molecule has 2 N–H and O–H groups in total. The fraction of sp³-hybridized carbons (Fsp3) is 0.609. The zero-order valence-corrected chi connectivity index (χ0v) is 17.1. The standard InChI is InChI=1S/C23H28O6/c1-13(24)29-12-20(27)23(28)19(26)11-18-16-5-4-14-10-15(25)6-8-21(14,2)17(16)7-9-22(18,23)3/h6-8,10,16,18-19,26,28H,4-5,9,11-12H2,1-3H3/t16-,18+,19-,21+,22+,23+/m1/s1. The zero-order chi connectivity index (χ0) is 21.2. The van der Waals surface area contributed by atoms with Crippen molar-refractivity contribution in [2.24, 2.45) is 22.7 Å². The normalized spacial score (nSPS) is 42.9. The molecule has 4 aliphatic rings. The third kappa shape index (κ3) is 2.65. The fourth-order valence-electron chi connectivity index (χ4n) is 6.33. The lowest BCUT2D eigenvalue weighted by molar-refractivity contribution is -0.174. The number of esters is 1. The van der Waals surface area contributed by atoms with E-state index in [0.29, 0.717) is 12.8 Å². The number of ketones is 2. The first-order valence-electron chi connectivity index (χ1n) is 10.3. The van der Waals surface area contributed by atoms with Crippen LogP contribution in [0.2, 0.25) is 0 Å². The minimum Gasteiger partial charge on any atom is -0.458 e. The number of rotatable bonds is 3. The summed E-state index contributed by atoms with van der Waals surface area (Å²) < 4.78 is 4.83. The van der Waals surface area contributed by atoms with E-state index in [2.05, 4.69) is 13.0 Å². The van der Waals surface area contributed by atoms with E-state index in [1.165, 1.54) is 12.5 Å². The molecule has 0 saturated heterocycles. The molecule has 6 heteroatoms. The highest BCUT2D eigenvalue weighted by atomic mass is 16.5. The Hall–Kier alpha value is -2.05. The predicted octanol–water partition coefficient (Wildman–Crippen LogP) is 2.05. The zero-order valence-electron chi connectivity index (χ0n) is 17.1. The molecule has 0 aliphatic heterocycles. The summed E-state index contributed by atoms with van der Waals surface area (Å²) >= 11 is 0. The molecule has 0 aromatic heterocycles. The second-order valence-corrected chi connectivity index (χ2v) is 9.36. The summed E-state index contributed by atoms with van der Waals surface area (Å²) in [6.07, 6.45) is 8.54. The Bertz CT molecular complexity index is 882. The van der Waals surface area contributed by atoms with E-state index >= 15 is 0 Å². The van der Waals surface area contributed by atoms with Crippen molar-refractivity contribution in [1.29, 1.82) is 0 Å². The van der Waals surface area contributed by atoms with Gasteiger partial charge in [0.15, 0.2) is 18.0 Å². The second kappa shape index (κ2) is 6.47. The van der Waals surface area contributed by atoms with E-state index in [9.17, 15) is 24.6 Å². The predicted molar refractivity (Wildman–Crippen MR) is 105 cm³/mol. The van der Waals surface area contributed by atoms with Gasteiger partial charge in [-0.15, -0.1) is 0 Å². The Morgan fingerprint density at radius 2 is 2.03 bits per heavy atom. The van der Waals surface area contributed by atoms with Crippen molar-refractivity contribution in [1.82, 2.24) is 0 Å². The molecule has 6 atom stereocenters. The molecular formula is C23H28O6. The van der Waals surface area contributed by atoms with Gasteiger partial charge in [-0.25, -0.2) is 0 Å². The topological polar surface area (TPSA) is 101 Å². The number of hydrogen-bond donors (Lipinski definition) is 2. The summed E-state index contributed by atoms with van der Waals surface area (Å²) in [4.78, 5) is 35.8. The minimum atomic E-state index is -1.95. The highest BCUT2D eigenvalue weighted by molar-refractivity contribution is 6.01. The molecule has 0 aromatic carbocycles. The largest absolute Gasteiger partial charge is 0.458 e. The van der Waals surface area contributed by atoms with Crippen LogP contribution < -0.4 is 0 Å². The second-order valence-electron chi connectivity index (χ2n) is 9.36. The maximum Gasteiger partial charge on any atom is 0.303 e. The highest BCUT2D eigenvalue weighted by Crippen LogP contribution is 2.65. The number of carbonyl (C=O) groups is 3. The van der Waals surface area contributed by atoms with E-state index in [1.54, 1.807) is 12.2 Å². The van der Waals surface area contributed by atoms with Crippen LogP contribution in [-0.2, 0) is 19.1 Å². The monoisotopic (exact) mass is 400 g/mol. The summed E-state index contributed by atoms with van der Waals surface area (Å²) in [5.41, 5.74) is -0.805. The van der Waals surface area contributed by atoms with Crippen LogP contribution in [0.3, 0.4) is 0 Å². The molecule has 0 aromatic rings. The molecule has 2 fully saturated rings. The van der Waals surface area contributed by atoms with Crippen molar-refractivity contribution in [3.05, 3.63) is 35.5 Å². The number of carbonyl (C=O) groups excluding carboxylic acids is 3. The van der Waals surface area contributed by atoms with Gasteiger partial charge in [0.1, 0.15) is 0 Å². The van der Waals surface area contributed by atoms with Gasteiger partial charge < -0.3 is 14.9 Å². The van der Waals surface area contributed by atoms with Gasteiger partial charge >= 0.3 is 5.97 Å². The first-order valence-corrected chi connectivity index (χ1v) is 10.3. The molecule has 6 nitrogen and oxygen atoms in total. The highest BCUT2D eigenvalue weighted by Gasteiger charge is 2.68. The Balaban J connectivity index is 1.71. The number of hydrogen-bond acceptors (Lipinski definition) is 6. The third-order valence-electron chi connectivity index (χ3n) is 8.00. The molecule has 156 valence electrons. The number of aliphatic hydroxyl groups is 2. The van der Waals surface area contributed by atoms with Gasteiger partial charge in [-0.1, -0.05) is 30.2 Å². The van der Waals surface area contributed by atoms with E-state index in [1.807, 2.05) is 13.0 Å². The van der Waals surface area contributed by atoms with Crippen LogP contribution in [0.25, 0.3) is 0 Å². The minimum absolute atomic E-state index is 0.0129. The molecule has 0 spiro atoms. The van der Waals surface area contributed by atoms with Crippen molar-refractivity contribution in [3.63, 3.8) is 0 Å². The molecule has 0 heterocycles. The lowest BCUT2D eigenvalue weighted by Crippen LogP contribution is -2.59. The molecule has 2 saturated carbocycles. The van der Waals surface area contributed by atoms with Gasteiger partial charge in [0.25, 0.3) is 0 Å². The molecule has 0 amide bonds. The maximum absolute atomic E-state index is 12.9. The van der Waals surface area contributed by atoms with Gasteiger partial charge in [0, 0.05) is 17.8 Å². The molecule has 0 radical (unpaired) electrons. The van der Waals surface area contributed by atoms with Crippen molar-refractivity contribution in [3.8, 4) is 0 Å². The molecule has 29 heavy (non-hydrogen) atoms. The van der Waals surface area contributed by atoms with Crippen molar-refractivity contribution < 1.29 is 29.3 Å². The summed E-state index contributed by atoms with van der Waals surface area (Å²) in [6, 6.07) is 0. The first-order chi connectivity index (χ1) is 13.5. The van der Waals surface area contributed by atoms with Crippen LogP contribution in [-0.4, -0.2) is 46.1 Å². The lowest BCUT2D eigenvalue weighted by Gasteiger charge is -2.53. The first kappa shape index (κ1) is 20.2. The summed E-state index contributed by atoms with van der Waals surface area (Å²) in [7, 11) is 0. The molecule has 0 unspecified atom stereocenters. The average Bonchev–Trinajstić information content (AvgIpc) is 2.88. The molecule has 4 aliphatic carbocycles. The van der Waals surface area contributed by atoms with Crippen molar-refractivity contribution in [2.45, 2.75) is 58.2 Å². The maximum atomic E-state index is 12.9. The number of Topliss-reactive ketones (excluding diaryl/α,β-unsaturated/α-hetero) is 1. The smallest absolute Gasteiger partial charge is 0.303 e. The van der Waals surface area contributed by atoms with Gasteiger partial charge in [0.05, 0.1) is 6.10 Å². The van der Waals surface area contributed by atoms with Crippen LogP contribution in [0.15, 0.2) is 35.5 Å². The third-order valence-corrected chi connectivity index (χ3v) is 8.00. The van der Waals surface area contributed by atoms with Gasteiger partial charge in [-0.05, 0) is 56.6 Å². The van der Waals surface area contributed by atoms with Gasteiger partial charge in [-0.2, -0.15) is 0 Å². The number of fused-ring (bicyclic) bond motifs is 5. The number of ether oxygens (including phenoxy) is 1. The Morgan fingerprint density at radius 1 is 1.31 bits per heavy atom. The van der Waals surface area contributed by atoms with E-state index in [4.69, 9.17) is 4.74 Å². The van der Waals surface area contributed by atoms with E-state index in [-0.39, 0.29) is 23.0 Å². The van der Waals surface area contributed by atoms with Crippen LogP contribution >= 0.6 is 0 Å². The summed E-state index contributed by atoms with van der Waals surface area (Å²) in [6.45, 7) is 4.65. The lowest BCUT2D eigenvalue weighted by atomic mass is 9.51. The SMILES string of the molecule is CC(=O)OCC(=O)[C@@]1(O)[C@H](O)C[C@H]2[C@@H]3CCC4=CC(=O)C=C[C@]4(C)C3=CC[C@@]21C. The fourth-order valence-corrected chi connectivity index (χ4v) is 6.33. The summed E-state index contributed by atoms with van der Waals surface area (Å²) in [5, 5.41) is 22.2. The van der Waals surface area contributed by atoms with Crippen LogP contribution in [0.4, 0.5) is 0 Å². The van der Waals surface area contributed by atoms with E-state index < -0.39 is 35.5 Å². The Morgan fingerprint density at radius 3 is 2.72 bits per heavy atom. The Kier molecular flexibility index (Phi) is 4.52. The molecular weight excluding hydrogens is 372 g/mol. The number of aliphatic hydroxyl groups excluding tert-OH is 1. The summed E-state index contributed by atoms with van der Waals surface area (Å²) in [5.74, 6) is -1.20. The average molecular weight is 400 g/mol. The molecule has 4 rings (SSSR count). The molecule has 0 bridgehead atoms. The Labute approximate surface area is 170 Å². The van der Waals surface area contributed by atoms with Crippen molar-refractivity contribution >= 4 is 17.5 Å². The van der Waals surface area contributed by atoms with Crippen molar-refractivity contribution in [2.75, 3.05) is 6.61 Å². The van der Waals surface area contributed by atoms with Crippen LogP contribution in [0.1, 0.15) is 46.5 Å². The van der Waals surface area contributed by atoms with Gasteiger partial charge in [-0.3, -0.25) is 14.4 Å². The van der Waals surface area contributed by atoms with E-state index in [0.717, 1.165) is 18.4 Å². The number of allylic oxidation sites excluding steroid dienone is 6.